The summed E-state index contributed by atoms with van der Waals surface area (Å²) in [5.74, 6) is 0.403. The molecular formula is C24H24N6O2. The molecule has 0 bridgehead atoms. The summed E-state index contributed by atoms with van der Waals surface area (Å²) in [6.45, 7) is 1.78. The number of rotatable bonds is 5. The molecular weight excluding hydrogens is 404 g/mol. The third-order valence-corrected chi connectivity index (χ3v) is 6.02. The number of carbonyl (C=O) groups excluding carboxylic acids is 1. The molecule has 1 amide bonds. The molecule has 1 N–H and O–H groups in total. The van der Waals surface area contributed by atoms with Gasteiger partial charge in [-0.25, -0.2) is 9.97 Å². The Kier molecular flexibility index (Phi) is 5.49. The summed E-state index contributed by atoms with van der Waals surface area (Å²) < 4.78 is 7.36. The summed E-state index contributed by atoms with van der Waals surface area (Å²) in [7, 11) is 0. The second-order valence-electron chi connectivity index (χ2n) is 8.11. The summed E-state index contributed by atoms with van der Waals surface area (Å²) in [4.78, 5) is 21.3. The topological polar surface area (TPSA) is 98.7 Å². The molecule has 1 aromatic carbocycles. The van der Waals surface area contributed by atoms with Crippen LogP contribution in [-0.2, 0) is 0 Å². The van der Waals surface area contributed by atoms with E-state index in [1.807, 2.05) is 53.5 Å². The Balaban J connectivity index is 1.22. The fourth-order valence-corrected chi connectivity index (χ4v) is 4.31. The van der Waals surface area contributed by atoms with E-state index in [0.717, 1.165) is 42.5 Å². The summed E-state index contributed by atoms with van der Waals surface area (Å²) in [5, 5.41) is 11.9. The highest BCUT2D eigenvalue weighted by atomic mass is 16.5. The van der Waals surface area contributed by atoms with Crippen LogP contribution < -0.4 is 5.32 Å². The molecule has 0 spiro atoms. The first-order chi connectivity index (χ1) is 15.7. The molecule has 162 valence electrons. The standard InChI is InChI=1S/C24H24N6O2/c1-16-22(23(29-32-16)17-5-3-2-4-6-17)24(31)28-19-7-9-20(10-8-19)30-14-18(13-27-30)21-11-12-25-15-26-21/h2-6,11-15,19-20H,7-10H2,1H3,(H,28,31). The largest absolute Gasteiger partial charge is 0.360 e. The van der Waals surface area contributed by atoms with Gasteiger partial charge in [0, 0.05) is 29.6 Å². The minimum atomic E-state index is -0.129. The lowest BCUT2D eigenvalue weighted by molar-refractivity contribution is 0.0920. The van der Waals surface area contributed by atoms with Gasteiger partial charge in [0.2, 0.25) is 0 Å². The van der Waals surface area contributed by atoms with Crippen molar-refractivity contribution in [3.63, 3.8) is 0 Å². The van der Waals surface area contributed by atoms with Crippen LogP contribution in [0.15, 0.2) is 65.8 Å². The van der Waals surface area contributed by atoms with Crippen molar-refractivity contribution in [2.24, 2.45) is 0 Å². The third-order valence-electron chi connectivity index (χ3n) is 6.02. The number of hydrogen-bond donors (Lipinski definition) is 1. The summed E-state index contributed by atoms with van der Waals surface area (Å²) in [6.07, 6.45) is 10.8. The van der Waals surface area contributed by atoms with E-state index in [2.05, 4.69) is 25.5 Å². The van der Waals surface area contributed by atoms with Gasteiger partial charge in [-0.1, -0.05) is 35.5 Å². The first-order valence-corrected chi connectivity index (χ1v) is 10.8. The maximum absolute atomic E-state index is 13.1. The minimum Gasteiger partial charge on any atom is -0.360 e. The molecule has 1 aliphatic rings. The van der Waals surface area contributed by atoms with Gasteiger partial charge in [-0.3, -0.25) is 9.48 Å². The van der Waals surface area contributed by atoms with Crippen LogP contribution in [-0.4, -0.2) is 36.9 Å². The van der Waals surface area contributed by atoms with E-state index in [0.29, 0.717) is 23.1 Å². The van der Waals surface area contributed by atoms with Crippen LogP contribution in [0.1, 0.15) is 47.8 Å². The number of hydrogen-bond acceptors (Lipinski definition) is 6. The zero-order valence-electron chi connectivity index (χ0n) is 17.8. The van der Waals surface area contributed by atoms with Crippen LogP contribution in [0.2, 0.25) is 0 Å². The highest BCUT2D eigenvalue weighted by Crippen LogP contribution is 2.30. The van der Waals surface area contributed by atoms with Gasteiger partial charge in [0.15, 0.2) is 0 Å². The monoisotopic (exact) mass is 428 g/mol. The average Bonchev–Trinajstić information content (AvgIpc) is 3.48. The molecule has 3 aromatic heterocycles. The fourth-order valence-electron chi connectivity index (χ4n) is 4.31. The molecule has 0 aliphatic heterocycles. The first kappa shape index (κ1) is 20.1. The molecule has 1 fully saturated rings. The minimum absolute atomic E-state index is 0.119. The quantitative estimate of drug-likeness (QED) is 0.511. The summed E-state index contributed by atoms with van der Waals surface area (Å²) in [6, 6.07) is 12.0. The molecule has 0 radical (unpaired) electrons. The van der Waals surface area contributed by atoms with Gasteiger partial charge >= 0.3 is 0 Å². The highest BCUT2D eigenvalue weighted by molar-refractivity contribution is 6.00. The van der Waals surface area contributed by atoms with Crippen molar-refractivity contribution in [2.45, 2.75) is 44.7 Å². The Hall–Kier alpha value is -3.81. The molecule has 8 nitrogen and oxygen atoms in total. The smallest absolute Gasteiger partial charge is 0.257 e. The lowest BCUT2D eigenvalue weighted by atomic mass is 9.91. The maximum Gasteiger partial charge on any atom is 0.257 e. The van der Waals surface area contributed by atoms with Crippen LogP contribution in [0.25, 0.3) is 22.5 Å². The SMILES string of the molecule is Cc1onc(-c2ccccc2)c1C(=O)NC1CCC(n2cc(-c3ccncn3)cn2)CC1. The predicted octanol–water partition coefficient (Wildman–Crippen LogP) is 4.22. The maximum atomic E-state index is 13.1. The second kappa shape index (κ2) is 8.74. The van der Waals surface area contributed by atoms with E-state index in [1.54, 1.807) is 19.4 Å². The van der Waals surface area contributed by atoms with Gasteiger partial charge in [0.05, 0.1) is 17.9 Å². The predicted molar refractivity (Wildman–Crippen MR) is 119 cm³/mol. The first-order valence-electron chi connectivity index (χ1n) is 10.8. The number of benzene rings is 1. The van der Waals surface area contributed by atoms with E-state index in [-0.39, 0.29) is 11.9 Å². The molecule has 0 saturated heterocycles. The summed E-state index contributed by atoms with van der Waals surface area (Å²) >= 11 is 0. The van der Waals surface area contributed by atoms with Gasteiger partial charge in [-0.2, -0.15) is 5.10 Å². The lowest BCUT2D eigenvalue weighted by Crippen LogP contribution is -2.38. The number of nitrogens with zero attached hydrogens (tertiary/aromatic N) is 5. The van der Waals surface area contributed by atoms with Crippen LogP contribution in [0.3, 0.4) is 0 Å². The molecule has 3 heterocycles. The number of carbonyl (C=O) groups is 1. The van der Waals surface area contributed by atoms with E-state index in [9.17, 15) is 4.79 Å². The molecule has 32 heavy (non-hydrogen) atoms. The molecule has 0 unspecified atom stereocenters. The van der Waals surface area contributed by atoms with Gasteiger partial charge in [0.25, 0.3) is 5.91 Å². The van der Waals surface area contributed by atoms with Crippen molar-refractivity contribution in [2.75, 3.05) is 0 Å². The molecule has 4 aromatic rings. The lowest BCUT2D eigenvalue weighted by Gasteiger charge is -2.29. The molecule has 5 rings (SSSR count). The molecule has 1 saturated carbocycles. The van der Waals surface area contributed by atoms with E-state index in [4.69, 9.17) is 4.52 Å². The zero-order chi connectivity index (χ0) is 21.9. The van der Waals surface area contributed by atoms with Crippen molar-refractivity contribution in [1.82, 2.24) is 30.2 Å². The van der Waals surface area contributed by atoms with Crippen LogP contribution >= 0.6 is 0 Å². The average molecular weight is 428 g/mol. The third kappa shape index (κ3) is 4.03. The van der Waals surface area contributed by atoms with Crippen molar-refractivity contribution in [1.29, 1.82) is 0 Å². The van der Waals surface area contributed by atoms with Crippen LogP contribution in [0.4, 0.5) is 0 Å². The summed E-state index contributed by atoms with van der Waals surface area (Å²) in [5.41, 5.74) is 3.82. The molecule has 0 atom stereocenters. The van der Waals surface area contributed by atoms with Crippen molar-refractivity contribution in [3.8, 4) is 22.5 Å². The number of aromatic nitrogens is 5. The van der Waals surface area contributed by atoms with Gasteiger partial charge < -0.3 is 9.84 Å². The van der Waals surface area contributed by atoms with Crippen LogP contribution in [0.5, 0.6) is 0 Å². The molecule has 8 heteroatoms. The van der Waals surface area contributed by atoms with Crippen molar-refractivity contribution in [3.05, 3.63) is 72.6 Å². The normalized spacial score (nSPS) is 18.4. The fraction of sp³-hybridized carbons (Fsp3) is 0.292. The Labute approximate surface area is 185 Å². The second-order valence-corrected chi connectivity index (χ2v) is 8.11. The highest BCUT2D eigenvalue weighted by Gasteiger charge is 2.27. The van der Waals surface area contributed by atoms with Gasteiger partial charge in [-0.05, 0) is 38.7 Å². The van der Waals surface area contributed by atoms with E-state index < -0.39 is 0 Å². The number of amides is 1. The Bertz CT molecular complexity index is 1190. The van der Waals surface area contributed by atoms with E-state index >= 15 is 0 Å². The Morgan fingerprint density at radius 3 is 2.66 bits per heavy atom. The zero-order valence-corrected chi connectivity index (χ0v) is 17.8. The molecule has 1 aliphatic carbocycles. The van der Waals surface area contributed by atoms with Crippen LogP contribution in [0, 0.1) is 6.92 Å². The van der Waals surface area contributed by atoms with Gasteiger partial charge in [0.1, 0.15) is 23.3 Å². The number of aryl methyl sites for hydroxylation is 1. The number of nitrogens with one attached hydrogen (secondary N) is 1. The van der Waals surface area contributed by atoms with Crippen molar-refractivity contribution >= 4 is 5.91 Å². The van der Waals surface area contributed by atoms with Gasteiger partial charge in [-0.15, -0.1) is 0 Å². The Morgan fingerprint density at radius 1 is 1.09 bits per heavy atom. The van der Waals surface area contributed by atoms with Crippen molar-refractivity contribution < 1.29 is 9.32 Å². The Morgan fingerprint density at radius 2 is 1.91 bits per heavy atom. The van der Waals surface area contributed by atoms with E-state index in [1.165, 1.54) is 0 Å².